The van der Waals surface area contributed by atoms with Gasteiger partial charge in [-0.1, -0.05) is 23.2 Å². The Labute approximate surface area is 78.2 Å². The highest BCUT2D eigenvalue weighted by Crippen LogP contribution is 2.34. The first kappa shape index (κ1) is 13.1. The van der Waals surface area contributed by atoms with E-state index in [9.17, 15) is 18.3 Å². The first-order valence-corrected chi connectivity index (χ1v) is 4.53. The third-order valence-corrected chi connectivity index (χ3v) is 1.87. The van der Waals surface area contributed by atoms with Gasteiger partial charge in [-0.3, -0.25) is 5.09 Å². The monoisotopic (exact) mass is 217 g/mol. The quantitative estimate of drug-likeness (QED) is 0.702. The maximum atomic E-state index is 12.4. The maximum Gasteiger partial charge on any atom is 0.418 e. The number of hydrogen-bond acceptors (Lipinski definition) is 2. The molecule has 0 aliphatic heterocycles. The molecule has 0 aliphatic rings. The molecule has 6 heteroatoms. The first-order valence-electron chi connectivity index (χ1n) is 3.95. The van der Waals surface area contributed by atoms with Gasteiger partial charge >= 0.3 is 6.18 Å². The number of nitrogens with one attached hydrogen (secondary N) is 1. The van der Waals surface area contributed by atoms with Gasteiger partial charge in [0, 0.05) is 6.54 Å². The molecule has 0 fully saturated rings. The molecule has 0 saturated carbocycles. The van der Waals surface area contributed by atoms with Gasteiger partial charge in [0.25, 0.3) is 0 Å². The van der Waals surface area contributed by atoms with Crippen LogP contribution in [0.2, 0.25) is 0 Å². The Balaban J connectivity index is 4.53. The van der Waals surface area contributed by atoms with Crippen molar-refractivity contribution in [3.63, 3.8) is 0 Å². The van der Waals surface area contributed by atoms with Gasteiger partial charge < -0.3 is 5.11 Å². The minimum absolute atomic E-state index is 0.204. The molecule has 2 atom stereocenters. The van der Waals surface area contributed by atoms with Crippen LogP contribution < -0.4 is 5.09 Å². The van der Waals surface area contributed by atoms with Crippen LogP contribution in [0.5, 0.6) is 0 Å². The molecule has 0 aromatic heterocycles. The second-order valence-corrected chi connectivity index (χ2v) is 3.92. The summed E-state index contributed by atoms with van der Waals surface area (Å²) in [6, 6.07) is 0. The normalized spacial score (nSPS) is 17.5. The Morgan fingerprint density at radius 3 is 2.08 bits per heavy atom. The van der Waals surface area contributed by atoms with E-state index >= 15 is 0 Å². The standard InChI is InChI=1S/C7H15F3NOP/c1-5(2)3-6(12,4-11-13)7(8,9)10/h5,11-12H,3-4,13H2,1-2H3. The van der Waals surface area contributed by atoms with Crippen LogP contribution in [0, 0.1) is 5.92 Å². The lowest BCUT2D eigenvalue weighted by molar-refractivity contribution is -0.261. The van der Waals surface area contributed by atoms with Crippen molar-refractivity contribution in [3.05, 3.63) is 0 Å². The summed E-state index contributed by atoms with van der Waals surface area (Å²) >= 11 is 0. The Morgan fingerprint density at radius 1 is 1.38 bits per heavy atom. The lowest BCUT2D eigenvalue weighted by Gasteiger charge is -2.31. The average Bonchev–Trinajstić information content (AvgIpc) is 1.82. The summed E-state index contributed by atoms with van der Waals surface area (Å²) in [5.74, 6) is -0.204. The summed E-state index contributed by atoms with van der Waals surface area (Å²) in [5.41, 5.74) is -2.62. The smallest absolute Gasteiger partial charge is 0.379 e. The molecule has 0 amide bonds. The highest BCUT2D eigenvalue weighted by Gasteiger charge is 2.53. The third-order valence-electron chi connectivity index (χ3n) is 1.67. The van der Waals surface area contributed by atoms with Crippen molar-refractivity contribution in [1.82, 2.24) is 5.09 Å². The van der Waals surface area contributed by atoms with E-state index in [4.69, 9.17) is 0 Å². The summed E-state index contributed by atoms with van der Waals surface area (Å²) in [4.78, 5) is 0. The maximum absolute atomic E-state index is 12.4. The minimum atomic E-state index is -4.58. The van der Waals surface area contributed by atoms with Gasteiger partial charge in [-0.25, -0.2) is 0 Å². The number of hydrogen-bond donors (Lipinski definition) is 2. The van der Waals surface area contributed by atoms with Crippen molar-refractivity contribution in [2.24, 2.45) is 5.92 Å². The topological polar surface area (TPSA) is 32.3 Å². The van der Waals surface area contributed by atoms with Gasteiger partial charge in [0.05, 0.1) is 0 Å². The van der Waals surface area contributed by atoms with Crippen LogP contribution >= 0.6 is 9.39 Å². The molecule has 0 aliphatic carbocycles. The van der Waals surface area contributed by atoms with Crippen LogP contribution in [0.1, 0.15) is 20.3 Å². The Bertz CT molecular complexity index is 162. The van der Waals surface area contributed by atoms with E-state index < -0.39 is 18.3 Å². The van der Waals surface area contributed by atoms with Crippen LogP contribution in [-0.4, -0.2) is 23.4 Å². The molecule has 2 nitrogen and oxygen atoms in total. The average molecular weight is 217 g/mol. The minimum Gasteiger partial charge on any atom is -0.379 e. The molecule has 0 rings (SSSR count). The number of rotatable bonds is 4. The van der Waals surface area contributed by atoms with Crippen LogP contribution in [-0.2, 0) is 0 Å². The molecular formula is C7H15F3NOP. The van der Waals surface area contributed by atoms with Crippen molar-refractivity contribution < 1.29 is 18.3 Å². The largest absolute Gasteiger partial charge is 0.418 e. The summed E-state index contributed by atoms with van der Waals surface area (Å²) in [7, 11) is 1.95. The van der Waals surface area contributed by atoms with Gasteiger partial charge in [-0.05, 0) is 12.3 Å². The van der Waals surface area contributed by atoms with Crippen molar-refractivity contribution in [1.29, 1.82) is 0 Å². The molecule has 0 bridgehead atoms. The van der Waals surface area contributed by atoms with Crippen LogP contribution in [0.4, 0.5) is 13.2 Å². The second kappa shape index (κ2) is 4.58. The molecule has 0 radical (unpaired) electrons. The fourth-order valence-corrected chi connectivity index (χ4v) is 1.47. The van der Waals surface area contributed by atoms with E-state index in [2.05, 4.69) is 5.09 Å². The SMILES string of the molecule is CC(C)CC(O)(CNP)C(F)(F)F. The predicted octanol–water partition coefficient (Wildman–Crippen LogP) is 1.71. The molecule has 0 saturated heterocycles. The van der Waals surface area contributed by atoms with E-state index in [-0.39, 0.29) is 12.3 Å². The Morgan fingerprint density at radius 2 is 1.85 bits per heavy atom. The summed E-state index contributed by atoms with van der Waals surface area (Å²) < 4.78 is 37.1. The van der Waals surface area contributed by atoms with E-state index in [0.29, 0.717) is 0 Å². The van der Waals surface area contributed by atoms with Crippen LogP contribution in [0.3, 0.4) is 0 Å². The molecule has 0 heterocycles. The number of alkyl halides is 3. The van der Waals surface area contributed by atoms with Gasteiger partial charge in [0.1, 0.15) is 0 Å². The molecule has 0 spiro atoms. The highest BCUT2D eigenvalue weighted by atomic mass is 31.0. The van der Waals surface area contributed by atoms with Gasteiger partial charge in [-0.15, -0.1) is 0 Å². The van der Waals surface area contributed by atoms with E-state index in [1.165, 1.54) is 0 Å². The Hall–Kier alpha value is 0.140. The highest BCUT2D eigenvalue weighted by molar-refractivity contribution is 7.13. The van der Waals surface area contributed by atoms with E-state index in [1.807, 2.05) is 9.39 Å². The van der Waals surface area contributed by atoms with Gasteiger partial charge in [0.15, 0.2) is 5.60 Å². The van der Waals surface area contributed by atoms with Crippen LogP contribution in [0.25, 0.3) is 0 Å². The molecule has 2 N–H and O–H groups in total. The lowest BCUT2D eigenvalue weighted by Crippen LogP contribution is -2.51. The zero-order chi connectivity index (χ0) is 10.7. The fourth-order valence-electron chi connectivity index (χ4n) is 1.13. The molecule has 0 aromatic rings. The summed E-state index contributed by atoms with van der Waals surface area (Å²) in [5, 5.41) is 11.6. The molecule has 13 heavy (non-hydrogen) atoms. The summed E-state index contributed by atoms with van der Waals surface area (Å²) in [6.07, 6.45) is -4.88. The van der Waals surface area contributed by atoms with Gasteiger partial charge in [-0.2, -0.15) is 13.2 Å². The third kappa shape index (κ3) is 3.79. The van der Waals surface area contributed by atoms with Crippen molar-refractivity contribution >= 4 is 9.39 Å². The van der Waals surface area contributed by atoms with Crippen molar-refractivity contribution in [2.45, 2.75) is 32.0 Å². The first-order chi connectivity index (χ1) is 5.73. The number of aliphatic hydroxyl groups is 1. The Kier molecular flexibility index (Phi) is 4.63. The van der Waals surface area contributed by atoms with E-state index in [1.54, 1.807) is 13.8 Å². The summed E-state index contributed by atoms with van der Waals surface area (Å²) in [6.45, 7) is 2.78. The van der Waals surface area contributed by atoms with Crippen LogP contribution in [0.15, 0.2) is 0 Å². The number of halogens is 3. The van der Waals surface area contributed by atoms with Crippen molar-refractivity contribution in [3.8, 4) is 0 Å². The zero-order valence-corrected chi connectivity index (χ0v) is 8.80. The molecule has 2 unspecified atom stereocenters. The predicted molar refractivity (Wildman–Crippen MR) is 48.2 cm³/mol. The fraction of sp³-hybridized carbons (Fsp3) is 1.00. The van der Waals surface area contributed by atoms with Crippen molar-refractivity contribution in [2.75, 3.05) is 6.54 Å². The zero-order valence-electron chi connectivity index (χ0n) is 7.65. The molecule has 0 aromatic carbocycles. The molecule has 80 valence electrons. The second-order valence-electron chi connectivity index (χ2n) is 3.51. The molecular weight excluding hydrogens is 202 g/mol. The van der Waals surface area contributed by atoms with Gasteiger partial charge in [0.2, 0.25) is 0 Å². The van der Waals surface area contributed by atoms with E-state index in [0.717, 1.165) is 0 Å². The lowest BCUT2D eigenvalue weighted by atomic mass is 9.92.